The molecule has 134 valence electrons. The van der Waals surface area contributed by atoms with Crippen LogP contribution in [0.15, 0.2) is 48.5 Å². The van der Waals surface area contributed by atoms with Gasteiger partial charge in [0.15, 0.2) is 0 Å². The van der Waals surface area contributed by atoms with E-state index in [2.05, 4.69) is 5.32 Å². The number of hydrogen-bond acceptors (Lipinski definition) is 3. The van der Waals surface area contributed by atoms with E-state index in [4.69, 9.17) is 5.26 Å². The van der Waals surface area contributed by atoms with Crippen molar-refractivity contribution in [3.8, 4) is 6.07 Å². The Morgan fingerprint density at radius 2 is 1.77 bits per heavy atom. The average Bonchev–Trinajstić information content (AvgIpc) is 2.61. The minimum absolute atomic E-state index is 0.200. The van der Waals surface area contributed by atoms with Crippen molar-refractivity contribution in [2.24, 2.45) is 0 Å². The van der Waals surface area contributed by atoms with Gasteiger partial charge in [-0.3, -0.25) is 9.59 Å². The molecule has 0 aliphatic carbocycles. The highest BCUT2D eigenvalue weighted by Crippen LogP contribution is 2.14. The molecule has 26 heavy (non-hydrogen) atoms. The second-order valence-corrected chi connectivity index (χ2v) is 5.41. The summed E-state index contributed by atoms with van der Waals surface area (Å²) in [5, 5.41) is 13.3. The summed E-state index contributed by atoms with van der Waals surface area (Å²) in [4.78, 5) is 23.6. The van der Waals surface area contributed by atoms with E-state index >= 15 is 0 Å². The molecule has 0 aromatic heterocycles. The Balaban J connectivity index is 1.93. The highest BCUT2D eigenvalue weighted by Gasteiger charge is 2.27. The SMILES string of the molecule is N#Cc1cccc(C(=O)Nc2ccc(CC(=O)NCC(F)(F)F)cc2)c1. The topological polar surface area (TPSA) is 82.0 Å². The summed E-state index contributed by atoms with van der Waals surface area (Å²) < 4.78 is 36.1. The smallest absolute Gasteiger partial charge is 0.347 e. The fourth-order valence-corrected chi connectivity index (χ4v) is 2.09. The van der Waals surface area contributed by atoms with E-state index in [-0.39, 0.29) is 6.42 Å². The molecular weight excluding hydrogens is 347 g/mol. The summed E-state index contributed by atoms with van der Waals surface area (Å²) in [5.41, 5.74) is 1.64. The monoisotopic (exact) mass is 361 g/mol. The number of carbonyl (C=O) groups is 2. The molecule has 2 aromatic carbocycles. The van der Waals surface area contributed by atoms with Gasteiger partial charge in [0.05, 0.1) is 18.1 Å². The molecule has 0 radical (unpaired) electrons. The normalized spacial score (nSPS) is 10.7. The largest absolute Gasteiger partial charge is 0.405 e. The highest BCUT2D eigenvalue weighted by atomic mass is 19.4. The van der Waals surface area contributed by atoms with Crippen LogP contribution in [0.4, 0.5) is 18.9 Å². The van der Waals surface area contributed by atoms with Crippen LogP contribution in [-0.4, -0.2) is 24.5 Å². The van der Waals surface area contributed by atoms with Crippen LogP contribution in [0.2, 0.25) is 0 Å². The first-order chi connectivity index (χ1) is 12.3. The number of anilines is 1. The van der Waals surface area contributed by atoms with E-state index in [1.165, 1.54) is 18.2 Å². The number of amides is 2. The first-order valence-corrected chi connectivity index (χ1v) is 7.51. The lowest BCUT2D eigenvalue weighted by Crippen LogP contribution is -2.34. The Morgan fingerprint density at radius 3 is 2.38 bits per heavy atom. The standard InChI is InChI=1S/C18H14F3N3O2/c19-18(20,21)11-23-16(25)9-12-4-6-15(7-5-12)24-17(26)14-3-1-2-13(8-14)10-22/h1-8H,9,11H2,(H,23,25)(H,24,26). The van der Waals surface area contributed by atoms with E-state index in [9.17, 15) is 22.8 Å². The average molecular weight is 361 g/mol. The fraction of sp³-hybridized carbons (Fsp3) is 0.167. The summed E-state index contributed by atoms with van der Waals surface area (Å²) in [6.07, 6.45) is -4.65. The predicted molar refractivity (Wildman–Crippen MR) is 88.3 cm³/mol. The number of rotatable bonds is 5. The maximum absolute atomic E-state index is 12.1. The van der Waals surface area contributed by atoms with E-state index in [0.29, 0.717) is 22.4 Å². The quantitative estimate of drug-likeness (QED) is 0.859. The molecule has 5 nitrogen and oxygen atoms in total. The molecule has 2 amide bonds. The van der Waals surface area contributed by atoms with Crippen molar-refractivity contribution in [2.75, 3.05) is 11.9 Å². The van der Waals surface area contributed by atoms with Gasteiger partial charge >= 0.3 is 6.18 Å². The van der Waals surface area contributed by atoms with E-state index in [1.807, 2.05) is 6.07 Å². The molecule has 2 aromatic rings. The molecule has 0 saturated heterocycles. The molecule has 0 aliphatic heterocycles. The Bertz CT molecular complexity index is 840. The number of carbonyl (C=O) groups excluding carboxylic acids is 2. The first-order valence-electron chi connectivity index (χ1n) is 7.51. The van der Waals surface area contributed by atoms with Crippen molar-refractivity contribution >= 4 is 17.5 Å². The third-order valence-electron chi connectivity index (χ3n) is 3.32. The van der Waals surface area contributed by atoms with Crippen molar-refractivity contribution in [1.29, 1.82) is 5.26 Å². The van der Waals surface area contributed by atoms with Crippen LogP contribution < -0.4 is 10.6 Å². The van der Waals surface area contributed by atoms with Gasteiger partial charge in [0, 0.05) is 11.3 Å². The third-order valence-corrected chi connectivity index (χ3v) is 3.32. The van der Waals surface area contributed by atoms with Gasteiger partial charge in [-0.2, -0.15) is 18.4 Å². The van der Waals surface area contributed by atoms with Gasteiger partial charge in [-0.05, 0) is 35.9 Å². The van der Waals surface area contributed by atoms with Gasteiger partial charge in [-0.1, -0.05) is 18.2 Å². The first kappa shape index (κ1) is 19.0. The van der Waals surface area contributed by atoms with Crippen LogP contribution in [0.1, 0.15) is 21.5 Å². The van der Waals surface area contributed by atoms with E-state index in [1.54, 1.807) is 35.6 Å². The van der Waals surface area contributed by atoms with Crippen LogP contribution in [0.3, 0.4) is 0 Å². The molecule has 0 unspecified atom stereocenters. The summed E-state index contributed by atoms with van der Waals surface area (Å²) in [5.74, 6) is -1.15. The fourth-order valence-electron chi connectivity index (χ4n) is 2.09. The van der Waals surface area contributed by atoms with Gasteiger partial charge in [0.1, 0.15) is 6.54 Å². The molecule has 0 atom stereocenters. The van der Waals surface area contributed by atoms with E-state index in [0.717, 1.165) is 0 Å². The highest BCUT2D eigenvalue weighted by molar-refractivity contribution is 6.04. The minimum Gasteiger partial charge on any atom is -0.347 e. The second kappa shape index (κ2) is 8.16. The summed E-state index contributed by atoms with van der Waals surface area (Å²) >= 11 is 0. The van der Waals surface area contributed by atoms with Gasteiger partial charge in [-0.25, -0.2) is 0 Å². The zero-order valence-corrected chi connectivity index (χ0v) is 13.4. The second-order valence-electron chi connectivity index (χ2n) is 5.41. The third kappa shape index (κ3) is 5.94. The predicted octanol–water partition coefficient (Wildman–Crippen LogP) is 3.03. The maximum atomic E-state index is 12.1. The lowest BCUT2D eigenvalue weighted by Gasteiger charge is -2.09. The number of hydrogen-bond donors (Lipinski definition) is 2. The molecule has 2 N–H and O–H groups in total. The number of nitrogens with one attached hydrogen (secondary N) is 2. The molecule has 0 saturated carbocycles. The zero-order valence-electron chi connectivity index (χ0n) is 13.4. The van der Waals surface area contributed by atoms with Crippen molar-refractivity contribution in [1.82, 2.24) is 5.32 Å². The molecule has 8 heteroatoms. The van der Waals surface area contributed by atoms with Gasteiger partial charge in [0.25, 0.3) is 5.91 Å². The van der Waals surface area contributed by atoms with Crippen LogP contribution in [0, 0.1) is 11.3 Å². The van der Waals surface area contributed by atoms with Gasteiger partial charge in [-0.15, -0.1) is 0 Å². The summed E-state index contributed by atoms with van der Waals surface area (Å²) in [6, 6.07) is 14.3. The lowest BCUT2D eigenvalue weighted by molar-refractivity contribution is -0.138. The Morgan fingerprint density at radius 1 is 1.08 bits per heavy atom. The van der Waals surface area contributed by atoms with Crippen molar-refractivity contribution in [3.63, 3.8) is 0 Å². The maximum Gasteiger partial charge on any atom is 0.405 e. The summed E-state index contributed by atoms with van der Waals surface area (Å²) in [7, 11) is 0. The van der Waals surface area contributed by atoms with Gasteiger partial charge in [0.2, 0.25) is 5.91 Å². The lowest BCUT2D eigenvalue weighted by atomic mass is 10.1. The number of halogens is 3. The zero-order chi connectivity index (χ0) is 19.2. The Kier molecular flexibility index (Phi) is 5.96. The molecule has 0 aliphatic rings. The van der Waals surface area contributed by atoms with Crippen LogP contribution in [0.25, 0.3) is 0 Å². The number of alkyl halides is 3. The molecule has 2 rings (SSSR count). The minimum atomic E-state index is -4.45. The van der Waals surface area contributed by atoms with Gasteiger partial charge < -0.3 is 10.6 Å². The van der Waals surface area contributed by atoms with Crippen molar-refractivity contribution in [3.05, 3.63) is 65.2 Å². The van der Waals surface area contributed by atoms with Crippen LogP contribution in [0.5, 0.6) is 0 Å². The molecule has 0 spiro atoms. The number of nitriles is 1. The molecule has 0 bridgehead atoms. The molecular formula is C18H14F3N3O2. The van der Waals surface area contributed by atoms with Crippen molar-refractivity contribution in [2.45, 2.75) is 12.6 Å². The molecule has 0 fully saturated rings. The van der Waals surface area contributed by atoms with Crippen LogP contribution >= 0.6 is 0 Å². The Labute approximate surface area is 147 Å². The summed E-state index contributed by atoms with van der Waals surface area (Å²) in [6.45, 7) is -1.37. The van der Waals surface area contributed by atoms with Crippen LogP contribution in [-0.2, 0) is 11.2 Å². The van der Waals surface area contributed by atoms with Crippen molar-refractivity contribution < 1.29 is 22.8 Å². The number of benzene rings is 2. The Hall–Kier alpha value is -3.34. The van der Waals surface area contributed by atoms with E-state index < -0.39 is 24.5 Å². The molecule has 0 heterocycles. The number of nitrogens with zero attached hydrogens (tertiary/aromatic N) is 1.